The van der Waals surface area contributed by atoms with Gasteiger partial charge in [-0.05, 0) is 19.9 Å². The molecule has 2 aliphatic heterocycles. The van der Waals surface area contributed by atoms with E-state index >= 15 is 0 Å². The number of ether oxygens (including phenoxy) is 3. The van der Waals surface area contributed by atoms with E-state index in [0.717, 1.165) is 5.56 Å². The molecule has 16 heavy (non-hydrogen) atoms. The standard InChI is InChI=1S/C12H14O4/c1-12(2)5-8(13)7-3-10-11(15-6-14-10)4-9(7)16-12/h3-4,8,13H,5-6H2,1-2H3. The second kappa shape index (κ2) is 3.04. The van der Waals surface area contributed by atoms with Crippen molar-refractivity contribution in [2.24, 2.45) is 0 Å². The predicted molar refractivity (Wildman–Crippen MR) is 56.8 cm³/mol. The van der Waals surface area contributed by atoms with Crippen LogP contribution in [0.15, 0.2) is 12.1 Å². The highest BCUT2D eigenvalue weighted by atomic mass is 16.7. The summed E-state index contributed by atoms with van der Waals surface area (Å²) in [5.74, 6) is 2.05. The molecule has 2 heterocycles. The first-order chi connectivity index (χ1) is 7.55. The summed E-state index contributed by atoms with van der Waals surface area (Å²) in [6, 6.07) is 3.60. The van der Waals surface area contributed by atoms with Gasteiger partial charge in [0.05, 0.1) is 6.10 Å². The van der Waals surface area contributed by atoms with Crippen molar-refractivity contribution in [1.82, 2.24) is 0 Å². The minimum atomic E-state index is -0.506. The van der Waals surface area contributed by atoms with Gasteiger partial charge >= 0.3 is 0 Å². The molecule has 1 aromatic rings. The fraction of sp³-hybridized carbons (Fsp3) is 0.500. The Morgan fingerprint density at radius 3 is 2.62 bits per heavy atom. The fourth-order valence-electron chi connectivity index (χ4n) is 2.20. The van der Waals surface area contributed by atoms with E-state index < -0.39 is 6.10 Å². The van der Waals surface area contributed by atoms with Crippen molar-refractivity contribution in [2.45, 2.75) is 32.0 Å². The first-order valence-electron chi connectivity index (χ1n) is 5.36. The highest BCUT2D eigenvalue weighted by molar-refractivity contribution is 5.53. The lowest BCUT2D eigenvalue weighted by Gasteiger charge is -2.35. The molecule has 0 spiro atoms. The van der Waals surface area contributed by atoms with Crippen LogP contribution in [0, 0.1) is 0 Å². The number of benzene rings is 1. The average molecular weight is 222 g/mol. The molecule has 1 N–H and O–H groups in total. The van der Waals surface area contributed by atoms with Gasteiger partial charge in [0.1, 0.15) is 11.4 Å². The molecule has 4 nitrogen and oxygen atoms in total. The molecule has 0 bridgehead atoms. The molecule has 0 saturated carbocycles. The van der Waals surface area contributed by atoms with Gasteiger partial charge in [0.15, 0.2) is 11.5 Å². The van der Waals surface area contributed by atoms with E-state index in [2.05, 4.69) is 0 Å². The van der Waals surface area contributed by atoms with Crippen LogP contribution in [0.2, 0.25) is 0 Å². The topological polar surface area (TPSA) is 47.9 Å². The summed E-state index contributed by atoms with van der Waals surface area (Å²) in [7, 11) is 0. The van der Waals surface area contributed by atoms with E-state index in [4.69, 9.17) is 14.2 Å². The van der Waals surface area contributed by atoms with E-state index in [0.29, 0.717) is 23.7 Å². The minimum absolute atomic E-state index is 0.234. The molecule has 86 valence electrons. The van der Waals surface area contributed by atoms with Crippen LogP contribution in [0.1, 0.15) is 31.9 Å². The van der Waals surface area contributed by atoms with Gasteiger partial charge < -0.3 is 19.3 Å². The maximum Gasteiger partial charge on any atom is 0.231 e. The van der Waals surface area contributed by atoms with Crippen molar-refractivity contribution in [2.75, 3.05) is 6.79 Å². The molecule has 4 heteroatoms. The van der Waals surface area contributed by atoms with Gasteiger partial charge in [0.25, 0.3) is 0 Å². The van der Waals surface area contributed by atoms with Crippen molar-refractivity contribution in [3.63, 3.8) is 0 Å². The quantitative estimate of drug-likeness (QED) is 0.729. The zero-order valence-electron chi connectivity index (χ0n) is 9.32. The molecule has 1 unspecified atom stereocenters. The van der Waals surface area contributed by atoms with E-state index in [-0.39, 0.29) is 12.4 Å². The molecule has 0 amide bonds. The molecule has 0 aromatic heterocycles. The van der Waals surface area contributed by atoms with Gasteiger partial charge in [-0.15, -0.1) is 0 Å². The summed E-state index contributed by atoms with van der Waals surface area (Å²) in [6.45, 7) is 4.16. The van der Waals surface area contributed by atoms with Crippen molar-refractivity contribution < 1.29 is 19.3 Å². The van der Waals surface area contributed by atoms with E-state index in [1.807, 2.05) is 13.8 Å². The van der Waals surface area contributed by atoms with Gasteiger partial charge in [-0.1, -0.05) is 0 Å². The van der Waals surface area contributed by atoms with Gasteiger partial charge in [-0.2, -0.15) is 0 Å². The summed E-state index contributed by atoms with van der Waals surface area (Å²) in [6.07, 6.45) is 0.0767. The molecule has 0 radical (unpaired) electrons. The maximum absolute atomic E-state index is 10.1. The smallest absolute Gasteiger partial charge is 0.231 e. The Morgan fingerprint density at radius 1 is 1.19 bits per heavy atom. The lowest BCUT2D eigenvalue weighted by atomic mass is 9.91. The highest BCUT2D eigenvalue weighted by Gasteiger charge is 2.34. The number of rotatable bonds is 0. The zero-order chi connectivity index (χ0) is 11.3. The monoisotopic (exact) mass is 222 g/mol. The summed E-state index contributed by atoms with van der Waals surface area (Å²) in [4.78, 5) is 0. The van der Waals surface area contributed by atoms with Crippen LogP contribution >= 0.6 is 0 Å². The van der Waals surface area contributed by atoms with Crippen LogP contribution in [0.4, 0.5) is 0 Å². The molecular weight excluding hydrogens is 208 g/mol. The second-order valence-electron chi connectivity index (χ2n) is 4.82. The fourth-order valence-corrected chi connectivity index (χ4v) is 2.20. The number of aliphatic hydroxyl groups is 1. The first-order valence-corrected chi connectivity index (χ1v) is 5.36. The van der Waals surface area contributed by atoms with Gasteiger partial charge in [0, 0.05) is 18.1 Å². The lowest BCUT2D eigenvalue weighted by Crippen LogP contribution is -2.34. The summed E-state index contributed by atoms with van der Waals surface area (Å²) in [5.41, 5.74) is 0.434. The van der Waals surface area contributed by atoms with Crippen molar-refractivity contribution in [3.05, 3.63) is 17.7 Å². The summed E-state index contributed by atoms with van der Waals surface area (Å²) < 4.78 is 16.4. The third kappa shape index (κ3) is 1.41. The third-order valence-electron chi connectivity index (χ3n) is 2.94. The molecule has 1 aromatic carbocycles. The maximum atomic E-state index is 10.1. The number of fused-ring (bicyclic) bond motifs is 2. The molecule has 0 fully saturated rings. The van der Waals surface area contributed by atoms with Crippen molar-refractivity contribution >= 4 is 0 Å². The Bertz CT molecular complexity index is 439. The Morgan fingerprint density at radius 2 is 1.88 bits per heavy atom. The van der Waals surface area contributed by atoms with Crippen LogP contribution in [0.25, 0.3) is 0 Å². The largest absolute Gasteiger partial charge is 0.487 e. The van der Waals surface area contributed by atoms with E-state index in [1.54, 1.807) is 12.1 Å². The van der Waals surface area contributed by atoms with Crippen LogP contribution in [0.5, 0.6) is 17.2 Å². The van der Waals surface area contributed by atoms with Gasteiger partial charge in [0.2, 0.25) is 6.79 Å². The molecule has 3 rings (SSSR count). The van der Waals surface area contributed by atoms with Crippen LogP contribution in [0.3, 0.4) is 0 Å². The third-order valence-corrected chi connectivity index (χ3v) is 2.94. The lowest BCUT2D eigenvalue weighted by molar-refractivity contribution is 0.0114. The van der Waals surface area contributed by atoms with Crippen molar-refractivity contribution in [3.8, 4) is 17.2 Å². The SMILES string of the molecule is CC1(C)CC(O)c2cc3c(cc2O1)OCO3. The summed E-state index contributed by atoms with van der Waals surface area (Å²) in [5, 5.41) is 10.1. The predicted octanol–water partition coefficient (Wildman–Crippen LogP) is 2.01. The van der Waals surface area contributed by atoms with Gasteiger partial charge in [-0.25, -0.2) is 0 Å². The normalized spacial score (nSPS) is 24.8. The van der Waals surface area contributed by atoms with Crippen LogP contribution in [-0.2, 0) is 0 Å². The number of aliphatic hydroxyl groups excluding tert-OH is 1. The minimum Gasteiger partial charge on any atom is -0.487 e. The van der Waals surface area contributed by atoms with Gasteiger partial charge in [-0.3, -0.25) is 0 Å². The molecule has 1 atom stereocenters. The molecule has 2 aliphatic rings. The Hall–Kier alpha value is -1.42. The Balaban J connectivity index is 2.09. The van der Waals surface area contributed by atoms with E-state index in [1.165, 1.54) is 0 Å². The van der Waals surface area contributed by atoms with E-state index in [9.17, 15) is 5.11 Å². The number of hydrogen-bond acceptors (Lipinski definition) is 4. The molecule has 0 saturated heterocycles. The second-order valence-corrected chi connectivity index (χ2v) is 4.82. The Labute approximate surface area is 93.7 Å². The van der Waals surface area contributed by atoms with Crippen LogP contribution < -0.4 is 14.2 Å². The molecule has 0 aliphatic carbocycles. The summed E-state index contributed by atoms with van der Waals surface area (Å²) >= 11 is 0. The van der Waals surface area contributed by atoms with Crippen LogP contribution in [-0.4, -0.2) is 17.5 Å². The van der Waals surface area contributed by atoms with Crippen molar-refractivity contribution in [1.29, 1.82) is 0 Å². The Kier molecular flexibility index (Phi) is 1.86. The first kappa shape index (κ1) is 9.78. The number of hydrogen-bond donors (Lipinski definition) is 1. The molecular formula is C12H14O4. The zero-order valence-corrected chi connectivity index (χ0v) is 9.32. The highest BCUT2D eigenvalue weighted by Crippen LogP contribution is 2.46. The average Bonchev–Trinajstić information content (AvgIpc) is 2.60.